The van der Waals surface area contributed by atoms with Gasteiger partial charge in [0.1, 0.15) is 11.8 Å². The average molecular weight is 429 g/mol. The molecule has 0 aromatic heterocycles. The molecule has 0 saturated heterocycles. The Kier molecular flexibility index (Phi) is 8.14. The Labute approximate surface area is 183 Å². The first-order valence-electron chi connectivity index (χ1n) is 10.5. The fraction of sp³-hybridized carbons (Fsp3) is 0.417. The Bertz CT molecular complexity index is 837. The zero-order valence-corrected chi connectivity index (χ0v) is 18.1. The van der Waals surface area contributed by atoms with Crippen molar-refractivity contribution in [1.82, 2.24) is 10.2 Å². The molecule has 2 aromatic rings. The Morgan fingerprint density at radius 1 is 1.10 bits per heavy atom. The second-order valence-corrected chi connectivity index (χ2v) is 8.21. The van der Waals surface area contributed by atoms with E-state index < -0.39 is 6.04 Å². The lowest BCUT2D eigenvalue weighted by Gasteiger charge is -2.31. The highest BCUT2D eigenvalue weighted by atomic mass is 35.5. The van der Waals surface area contributed by atoms with Gasteiger partial charge in [-0.25, -0.2) is 0 Å². The van der Waals surface area contributed by atoms with E-state index in [0.29, 0.717) is 17.3 Å². The molecule has 0 spiro atoms. The van der Waals surface area contributed by atoms with Crippen LogP contribution in [-0.4, -0.2) is 35.4 Å². The van der Waals surface area contributed by atoms with Gasteiger partial charge in [-0.05, 0) is 43.5 Å². The van der Waals surface area contributed by atoms with Gasteiger partial charge in [0.15, 0.2) is 6.61 Å². The van der Waals surface area contributed by atoms with Gasteiger partial charge in [0.05, 0.1) is 0 Å². The predicted octanol–water partition coefficient (Wildman–Crippen LogP) is 4.59. The summed E-state index contributed by atoms with van der Waals surface area (Å²) in [6.45, 7) is 1.96. The van der Waals surface area contributed by atoms with Crippen LogP contribution in [0.4, 0.5) is 0 Å². The van der Waals surface area contributed by atoms with E-state index in [2.05, 4.69) is 5.32 Å². The zero-order valence-electron chi connectivity index (χ0n) is 17.4. The minimum atomic E-state index is -0.595. The molecule has 5 nitrogen and oxygen atoms in total. The van der Waals surface area contributed by atoms with Crippen LogP contribution in [0.1, 0.15) is 44.6 Å². The standard InChI is InChI=1S/C24H29ClN2O3/c1-18(24(29)26-21-12-6-3-7-13-21)27(16-19-9-4-2-5-10-19)23(28)17-30-22-14-8-11-20(25)15-22/h2,4-5,8-11,14-15,18,21H,3,6-7,12-13,16-17H2,1H3,(H,26,29). The Hall–Kier alpha value is -2.53. The number of halogens is 1. The zero-order chi connectivity index (χ0) is 21.3. The van der Waals surface area contributed by atoms with E-state index in [0.717, 1.165) is 31.2 Å². The van der Waals surface area contributed by atoms with Crippen molar-refractivity contribution in [3.8, 4) is 5.75 Å². The number of carbonyl (C=O) groups is 2. The predicted molar refractivity (Wildman–Crippen MR) is 118 cm³/mol. The molecular weight excluding hydrogens is 400 g/mol. The lowest BCUT2D eigenvalue weighted by Crippen LogP contribution is -2.51. The molecule has 160 valence electrons. The smallest absolute Gasteiger partial charge is 0.261 e. The average Bonchev–Trinajstić information content (AvgIpc) is 2.77. The second kappa shape index (κ2) is 11.0. The SMILES string of the molecule is CC(C(=O)NC1CCCCC1)N(Cc1ccccc1)C(=O)COc1cccc(Cl)c1. The molecule has 0 bridgehead atoms. The number of nitrogens with zero attached hydrogens (tertiary/aromatic N) is 1. The molecular formula is C24H29ClN2O3. The summed E-state index contributed by atoms with van der Waals surface area (Å²) in [5, 5.41) is 3.67. The van der Waals surface area contributed by atoms with Crippen molar-refractivity contribution in [2.45, 2.75) is 57.7 Å². The van der Waals surface area contributed by atoms with Gasteiger partial charge < -0.3 is 15.0 Å². The molecule has 1 aliphatic rings. The summed E-state index contributed by atoms with van der Waals surface area (Å²) >= 11 is 5.99. The summed E-state index contributed by atoms with van der Waals surface area (Å²) in [4.78, 5) is 27.5. The number of amides is 2. The van der Waals surface area contributed by atoms with E-state index in [1.807, 2.05) is 30.3 Å². The minimum absolute atomic E-state index is 0.117. The van der Waals surface area contributed by atoms with Gasteiger partial charge in [0.2, 0.25) is 5.91 Å². The first kappa shape index (κ1) is 22.2. The molecule has 1 fully saturated rings. The van der Waals surface area contributed by atoms with E-state index in [1.165, 1.54) is 6.42 Å². The highest BCUT2D eigenvalue weighted by Crippen LogP contribution is 2.19. The molecule has 1 N–H and O–H groups in total. The third-order valence-corrected chi connectivity index (χ3v) is 5.71. The quantitative estimate of drug-likeness (QED) is 0.669. The second-order valence-electron chi connectivity index (χ2n) is 7.77. The number of rotatable bonds is 8. The van der Waals surface area contributed by atoms with Crippen LogP contribution in [-0.2, 0) is 16.1 Å². The van der Waals surface area contributed by atoms with Crippen LogP contribution < -0.4 is 10.1 Å². The van der Waals surface area contributed by atoms with Gasteiger partial charge in [-0.2, -0.15) is 0 Å². The number of nitrogens with one attached hydrogen (secondary N) is 1. The molecule has 0 radical (unpaired) electrons. The Morgan fingerprint density at radius 2 is 1.83 bits per heavy atom. The van der Waals surface area contributed by atoms with Gasteiger partial charge in [0, 0.05) is 17.6 Å². The molecule has 1 atom stereocenters. The lowest BCUT2D eigenvalue weighted by molar-refractivity contribution is -0.142. The first-order chi connectivity index (χ1) is 14.5. The number of benzene rings is 2. The highest BCUT2D eigenvalue weighted by Gasteiger charge is 2.28. The topological polar surface area (TPSA) is 58.6 Å². The molecule has 2 aromatic carbocycles. The maximum Gasteiger partial charge on any atom is 0.261 e. The van der Waals surface area contributed by atoms with Gasteiger partial charge in [-0.3, -0.25) is 9.59 Å². The van der Waals surface area contributed by atoms with E-state index in [-0.39, 0.29) is 24.5 Å². The van der Waals surface area contributed by atoms with Gasteiger partial charge in [-0.1, -0.05) is 67.3 Å². The largest absolute Gasteiger partial charge is 0.484 e. The maximum absolute atomic E-state index is 13.0. The fourth-order valence-electron chi connectivity index (χ4n) is 3.72. The molecule has 6 heteroatoms. The molecule has 2 amide bonds. The van der Waals surface area contributed by atoms with Crippen molar-refractivity contribution in [2.75, 3.05) is 6.61 Å². The summed E-state index contributed by atoms with van der Waals surface area (Å²) in [5.41, 5.74) is 0.964. The normalized spacial score (nSPS) is 15.3. The third kappa shape index (κ3) is 6.49. The number of ether oxygens (including phenoxy) is 1. The van der Waals surface area contributed by atoms with Crippen molar-refractivity contribution < 1.29 is 14.3 Å². The van der Waals surface area contributed by atoms with Crippen molar-refractivity contribution in [3.05, 3.63) is 65.2 Å². The summed E-state index contributed by atoms with van der Waals surface area (Å²) < 4.78 is 5.64. The van der Waals surface area contributed by atoms with Crippen LogP contribution in [0.2, 0.25) is 5.02 Å². The van der Waals surface area contributed by atoms with Crippen molar-refractivity contribution >= 4 is 23.4 Å². The summed E-state index contributed by atoms with van der Waals surface area (Å²) in [6.07, 6.45) is 5.51. The van der Waals surface area contributed by atoms with E-state index in [1.54, 1.807) is 36.1 Å². The van der Waals surface area contributed by atoms with E-state index in [4.69, 9.17) is 16.3 Å². The molecule has 30 heavy (non-hydrogen) atoms. The van der Waals surface area contributed by atoms with Crippen LogP contribution in [0, 0.1) is 0 Å². The van der Waals surface area contributed by atoms with Crippen LogP contribution in [0.25, 0.3) is 0 Å². The van der Waals surface area contributed by atoms with Crippen LogP contribution in [0.5, 0.6) is 5.75 Å². The molecule has 0 aliphatic heterocycles. The first-order valence-corrected chi connectivity index (χ1v) is 10.9. The number of hydrogen-bond donors (Lipinski definition) is 1. The minimum Gasteiger partial charge on any atom is -0.484 e. The Morgan fingerprint density at radius 3 is 2.53 bits per heavy atom. The molecule has 1 unspecified atom stereocenters. The monoisotopic (exact) mass is 428 g/mol. The Balaban J connectivity index is 1.68. The van der Waals surface area contributed by atoms with Gasteiger partial charge in [0.25, 0.3) is 5.91 Å². The number of hydrogen-bond acceptors (Lipinski definition) is 3. The molecule has 3 rings (SSSR count). The van der Waals surface area contributed by atoms with Crippen molar-refractivity contribution in [1.29, 1.82) is 0 Å². The van der Waals surface area contributed by atoms with Gasteiger partial charge >= 0.3 is 0 Å². The van der Waals surface area contributed by atoms with E-state index >= 15 is 0 Å². The lowest BCUT2D eigenvalue weighted by atomic mass is 9.95. The fourth-order valence-corrected chi connectivity index (χ4v) is 3.90. The summed E-state index contributed by atoms with van der Waals surface area (Å²) in [5.74, 6) is 0.161. The van der Waals surface area contributed by atoms with Crippen molar-refractivity contribution in [2.24, 2.45) is 0 Å². The highest BCUT2D eigenvalue weighted by molar-refractivity contribution is 6.30. The molecule has 0 heterocycles. The summed E-state index contributed by atoms with van der Waals surface area (Å²) in [6, 6.07) is 16.2. The van der Waals surface area contributed by atoms with E-state index in [9.17, 15) is 9.59 Å². The summed E-state index contributed by atoms with van der Waals surface area (Å²) in [7, 11) is 0. The maximum atomic E-state index is 13.0. The number of carbonyl (C=O) groups excluding carboxylic acids is 2. The van der Waals surface area contributed by atoms with Crippen LogP contribution >= 0.6 is 11.6 Å². The molecule has 1 aliphatic carbocycles. The van der Waals surface area contributed by atoms with Crippen LogP contribution in [0.15, 0.2) is 54.6 Å². The van der Waals surface area contributed by atoms with Crippen molar-refractivity contribution in [3.63, 3.8) is 0 Å². The third-order valence-electron chi connectivity index (χ3n) is 5.47. The van der Waals surface area contributed by atoms with Crippen LogP contribution in [0.3, 0.4) is 0 Å². The molecule has 1 saturated carbocycles. The van der Waals surface area contributed by atoms with Gasteiger partial charge in [-0.15, -0.1) is 0 Å².